The SMILES string of the molecule is COc1cc([C@@H](O[C@@H]2O[C@H](CO)[C@@H](O)[C@H](O)[C@H]2O)[C@H](CO)Oc2c(OC)cc(-c3cc(=O)c4c(O)cc(O)cc4o3)cc2OC)ccc1O. The zero-order valence-corrected chi connectivity index (χ0v) is 26.4. The average molecular weight is 689 g/mol. The second kappa shape index (κ2) is 14.8. The number of aliphatic hydroxyl groups is 5. The molecular weight excluding hydrogens is 652 g/mol. The maximum absolute atomic E-state index is 12.9. The van der Waals surface area contributed by atoms with E-state index in [0.29, 0.717) is 0 Å². The van der Waals surface area contributed by atoms with E-state index < -0.39 is 67.3 Å². The number of hydrogen-bond acceptors (Lipinski definition) is 16. The number of ether oxygens (including phenoxy) is 6. The number of aromatic hydroxyl groups is 3. The molecule has 16 heteroatoms. The number of phenolic OH excluding ortho intramolecular Hbond substituents is 3. The lowest BCUT2D eigenvalue weighted by atomic mass is 9.98. The van der Waals surface area contributed by atoms with Gasteiger partial charge in [-0.2, -0.15) is 0 Å². The van der Waals surface area contributed by atoms with Crippen molar-refractivity contribution < 1.29 is 73.7 Å². The molecule has 8 N–H and O–H groups in total. The molecule has 0 amide bonds. The van der Waals surface area contributed by atoms with Crippen molar-refractivity contribution in [1.29, 1.82) is 0 Å². The van der Waals surface area contributed by atoms with Gasteiger partial charge in [0.05, 0.1) is 34.5 Å². The number of phenols is 3. The van der Waals surface area contributed by atoms with Crippen LogP contribution < -0.4 is 24.4 Å². The molecule has 1 saturated heterocycles. The molecule has 5 rings (SSSR count). The minimum absolute atomic E-state index is 0.0179. The molecule has 1 aliphatic heterocycles. The summed E-state index contributed by atoms with van der Waals surface area (Å²) in [5, 5.41) is 81.8. The van der Waals surface area contributed by atoms with Crippen LogP contribution in [-0.2, 0) is 9.47 Å². The fraction of sp³-hybridized carbons (Fsp3) is 0.364. The van der Waals surface area contributed by atoms with Crippen LogP contribution >= 0.6 is 0 Å². The quantitative estimate of drug-likeness (QED) is 0.103. The Morgan fingerprint density at radius 2 is 1.47 bits per heavy atom. The smallest absolute Gasteiger partial charge is 0.204 e. The first-order valence-corrected chi connectivity index (χ1v) is 14.8. The minimum Gasteiger partial charge on any atom is -0.508 e. The summed E-state index contributed by atoms with van der Waals surface area (Å²) in [5.74, 6) is -0.960. The Morgan fingerprint density at radius 1 is 0.796 bits per heavy atom. The molecule has 1 aliphatic rings. The second-order valence-electron chi connectivity index (χ2n) is 11.0. The van der Waals surface area contributed by atoms with Gasteiger partial charge in [-0.1, -0.05) is 6.07 Å². The van der Waals surface area contributed by atoms with E-state index >= 15 is 0 Å². The van der Waals surface area contributed by atoms with Gasteiger partial charge in [-0.3, -0.25) is 4.79 Å². The molecule has 49 heavy (non-hydrogen) atoms. The van der Waals surface area contributed by atoms with E-state index in [-0.39, 0.29) is 62.4 Å². The van der Waals surface area contributed by atoms with Crippen molar-refractivity contribution in [3.63, 3.8) is 0 Å². The van der Waals surface area contributed by atoms with Crippen LogP contribution in [0.4, 0.5) is 0 Å². The monoisotopic (exact) mass is 688 g/mol. The van der Waals surface area contributed by atoms with Crippen LogP contribution in [0.15, 0.2) is 57.7 Å². The predicted octanol–water partition coefficient (Wildman–Crippen LogP) is 0.900. The minimum atomic E-state index is -1.80. The summed E-state index contributed by atoms with van der Waals surface area (Å²) in [7, 11) is 3.95. The molecule has 3 aromatic carbocycles. The van der Waals surface area contributed by atoms with E-state index in [1.165, 1.54) is 57.7 Å². The third kappa shape index (κ3) is 7.02. The van der Waals surface area contributed by atoms with Gasteiger partial charge in [0, 0.05) is 23.8 Å². The Hall–Kier alpha value is -4.81. The first kappa shape index (κ1) is 35.5. The highest BCUT2D eigenvalue weighted by Crippen LogP contribution is 2.44. The van der Waals surface area contributed by atoms with Crippen LogP contribution in [0.1, 0.15) is 11.7 Å². The largest absolute Gasteiger partial charge is 0.508 e. The van der Waals surface area contributed by atoms with E-state index in [1.54, 1.807) is 0 Å². The van der Waals surface area contributed by atoms with Crippen molar-refractivity contribution in [3.05, 3.63) is 64.3 Å². The normalized spacial score (nSPS) is 22.0. The summed E-state index contributed by atoms with van der Waals surface area (Å²) in [6.45, 7) is -1.46. The van der Waals surface area contributed by atoms with Crippen LogP contribution in [-0.4, -0.2) is 112 Å². The van der Waals surface area contributed by atoms with E-state index in [4.69, 9.17) is 32.8 Å². The number of aliphatic hydroxyl groups excluding tert-OH is 5. The molecule has 0 radical (unpaired) electrons. The van der Waals surface area contributed by atoms with Gasteiger partial charge >= 0.3 is 0 Å². The highest BCUT2D eigenvalue weighted by Gasteiger charge is 2.46. The maximum atomic E-state index is 12.9. The maximum Gasteiger partial charge on any atom is 0.204 e. The third-order valence-corrected chi connectivity index (χ3v) is 7.99. The van der Waals surface area contributed by atoms with Gasteiger partial charge in [0.1, 0.15) is 58.7 Å². The lowest BCUT2D eigenvalue weighted by Crippen LogP contribution is -2.59. The van der Waals surface area contributed by atoms with Crippen molar-refractivity contribution in [1.82, 2.24) is 0 Å². The average Bonchev–Trinajstić information content (AvgIpc) is 3.09. The second-order valence-corrected chi connectivity index (χ2v) is 11.0. The molecule has 0 bridgehead atoms. The standard InChI is InChI=1S/C33H36O16/c1-43-21-6-14(4-5-17(21)37)31(49-33-30(42)29(41)28(40)25(12-34)48-33)26(13-35)47-32-23(44-2)7-15(8-24(32)45-3)20-11-19(39)27-18(38)9-16(36)10-22(27)46-20/h4-11,25-26,28-31,33-38,40-42H,12-13H2,1-3H3/t25-,26+,28-,29+,30-,31-,33+/m1/s1. The summed E-state index contributed by atoms with van der Waals surface area (Å²) in [4.78, 5) is 12.9. The first-order valence-electron chi connectivity index (χ1n) is 14.8. The van der Waals surface area contributed by atoms with Crippen LogP contribution in [0.5, 0.6) is 40.2 Å². The molecule has 0 aliphatic carbocycles. The molecular formula is C33H36O16. The van der Waals surface area contributed by atoms with Crippen molar-refractivity contribution in [2.24, 2.45) is 0 Å². The number of fused-ring (bicyclic) bond motifs is 1. The van der Waals surface area contributed by atoms with Gasteiger partial charge in [-0.05, 0) is 29.8 Å². The molecule has 4 aromatic rings. The summed E-state index contributed by atoms with van der Waals surface area (Å²) in [6.07, 6.45) is -10.9. The Morgan fingerprint density at radius 3 is 2.08 bits per heavy atom. The van der Waals surface area contributed by atoms with Crippen LogP contribution in [0, 0.1) is 0 Å². The number of hydrogen-bond donors (Lipinski definition) is 8. The Bertz CT molecular complexity index is 1810. The third-order valence-electron chi connectivity index (χ3n) is 7.99. The van der Waals surface area contributed by atoms with Gasteiger partial charge in [0.15, 0.2) is 40.8 Å². The van der Waals surface area contributed by atoms with Crippen LogP contribution in [0.3, 0.4) is 0 Å². The zero-order chi connectivity index (χ0) is 35.6. The zero-order valence-electron chi connectivity index (χ0n) is 26.4. The van der Waals surface area contributed by atoms with Gasteiger partial charge in [0.2, 0.25) is 5.75 Å². The summed E-state index contributed by atoms with van der Waals surface area (Å²) in [5.41, 5.74) is -0.175. The lowest BCUT2D eigenvalue weighted by molar-refractivity contribution is -0.318. The molecule has 264 valence electrons. The van der Waals surface area contributed by atoms with E-state index in [9.17, 15) is 45.6 Å². The van der Waals surface area contributed by atoms with E-state index in [2.05, 4.69) is 0 Å². The Kier molecular flexibility index (Phi) is 10.7. The van der Waals surface area contributed by atoms with Crippen LogP contribution in [0.2, 0.25) is 0 Å². The molecule has 0 unspecified atom stereocenters. The van der Waals surface area contributed by atoms with Crippen molar-refractivity contribution in [3.8, 4) is 51.6 Å². The van der Waals surface area contributed by atoms with Crippen LogP contribution in [0.25, 0.3) is 22.3 Å². The van der Waals surface area contributed by atoms with Gasteiger partial charge in [-0.15, -0.1) is 0 Å². The number of rotatable bonds is 12. The summed E-state index contributed by atoms with van der Waals surface area (Å²) in [6, 6.07) is 10.3. The van der Waals surface area contributed by atoms with Gasteiger partial charge in [-0.25, -0.2) is 0 Å². The molecule has 1 aromatic heterocycles. The van der Waals surface area contributed by atoms with Crippen molar-refractivity contribution in [2.75, 3.05) is 34.5 Å². The highest BCUT2D eigenvalue weighted by atomic mass is 16.7. The Balaban J connectivity index is 1.56. The van der Waals surface area contributed by atoms with E-state index in [0.717, 1.165) is 12.1 Å². The predicted molar refractivity (Wildman–Crippen MR) is 168 cm³/mol. The van der Waals surface area contributed by atoms with Gasteiger partial charge in [0.25, 0.3) is 0 Å². The van der Waals surface area contributed by atoms with Gasteiger partial charge < -0.3 is 73.7 Å². The Labute approximate surface area is 278 Å². The molecule has 16 nitrogen and oxygen atoms in total. The first-order chi connectivity index (χ1) is 23.4. The fourth-order valence-corrected chi connectivity index (χ4v) is 5.46. The summed E-state index contributed by atoms with van der Waals surface area (Å²) >= 11 is 0. The molecule has 0 saturated carbocycles. The number of benzene rings is 3. The molecule has 1 fully saturated rings. The van der Waals surface area contributed by atoms with Crippen molar-refractivity contribution >= 4 is 11.0 Å². The fourth-order valence-electron chi connectivity index (χ4n) is 5.46. The number of methoxy groups -OCH3 is 3. The topological polar surface area (TPSA) is 247 Å². The summed E-state index contributed by atoms with van der Waals surface area (Å²) < 4.78 is 40.1. The molecule has 2 heterocycles. The molecule has 0 spiro atoms. The van der Waals surface area contributed by atoms with E-state index in [1.807, 2.05) is 0 Å². The highest BCUT2D eigenvalue weighted by molar-refractivity contribution is 5.86. The molecule has 7 atom stereocenters. The van der Waals surface area contributed by atoms with Crippen molar-refractivity contribution in [2.45, 2.75) is 42.9 Å². The lowest BCUT2D eigenvalue weighted by Gasteiger charge is -2.41.